The number of hydrogen-bond acceptors (Lipinski definition) is 6. The van der Waals surface area contributed by atoms with Crippen molar-refractivity contribution < 1.29 is 17.2 Å². The highest BCUT2D eigenvalue weighted by Crippen LogP contribution is 2.29. The molecular weight excluding hydrogens is 454 g/mol. The predicted octanol–water partition coefficient (Wildman–Crippen LogP) is 6.02. The summed E-state index contributed by atoms with van der Waals surface area (Å²) in [5.41, 5.74) is 0.358. The standard InChI is InChI=1S/C19H27ClF2N4O2S2/c20-15-12-18(30(27,28)26-19-24-14-25-29-19)16(22)13-17(15)23-11-9-7-5-3-1-2-4-6-8-10-21/h12-14,23H,1-11H2,(H,24,25,26). The van der Waals surface area contributed by atoms with Gasteiger partial charge in [0.25, 0.3) is 10.0 Å². The number of nitrogens with zero attached hydrogens (tertiary/aromatic N) is 2. The van der Waals surface area contributed by atoms with Gasteiger partial charge in [-0.1, -0.05) is 56.5 Å². The Kier molecular flexibility index (Phi) is 10.7. The topological polar surface area (TPSA) is 84.0 Å². The van der Waals surface area contributed by atoms with Crippen LogP contribution in [-0.4, -0.2) is 31.0 Å². The van der Waals surface area contributed by atoms with E-state index < -0.39 is 20.7 Å². The second kappa shape index (κ2) is 13.0. The van der Waals surface area contributed by atoms with Gasteiger partial charge < -0.3 is 5.32 Å². The summed E-state index contributed by atoms with van der Waals surface area (Å²) in [6.07, 6.45) is 10.5. The van der Waals surface area contributed by atoms with Crippen LogP contribution in [0.1, 0.15) is 57.8 Å². The Labute approximate surface area is 185 Å². The number of alkyl halides is 1. The second-order valence-electron chi connectivity index (χ2n) is 6.91. The van der Waals surface area contributed by atoms with Crippen molar-refractivity contribution >= 4 is 44.0 Å². The van der Waals surface area contributed by atoms with Gasteiger partial charge in [0.05, 0.1) is 17.4 Å². The van der Waals surface area contributed by atoms with Gasteiger partial charge in [-0.2, -0.15) is 4.37 Å². The van der Waals surface area contributed by atoms with Gasteiger partial charge in [0.1, 0.15) is 17.0 Å². The molecule has 1 heterocycles. The summed E-state index contributed by atoms with van der Waals surface area (Å²) in [6.45, 7) is 0.394. The lowest BCUT2D eigenvalue weighted by Crippen LogP contribution is -2.15. The zero-order chi connectivity index (χ0) is 21.8. The van der Waals surface area contributed by atoms with Gasteiger partial charge in [0.2, 0.25) is 5.13 Å². The molecule has 0 saturated heterocycles. The highest BCUT2D eigenvalue weighted by atomic mass is 35.5. The number of halogens is 3. The lowest BCUT2D eigenvalue weighted by molar-refractivity contribution is 0.449. The molecule has 6 nitrogen and oxygen atoms in total. The molecule has 168 valence electrons. The Morgan fingerprint density at radius 3 is 2.23 bits per heavy atom. The van der Waals surface area contributed by atoms with Crippen LogP contribution in [0.5, 0.6) is 0 Å². The van der Waals surface area contributed by atoms with Crippen molar-refractivity contribution in [3.05, 3.63) is 29.3 Å². The van der Waals surface area contributed by atoms with Crippen LogP contribution >= 0.6 is 23.1 Å². The highest BCUT2D eigenvalue weighted by molar-refractivity contribution is 7.93. The third kappa shape index (κ3) is 8.31. The first-order chi connectivity index (χ1) is 14.4. The summed E-state index contributed by atoms with van der Waals surface area (Å²) in [5.74, 6) is -0.897. The summed E-state index contributed by atoms with van der Waals surface area (Å²) >= 11 is 7.00. The number of aromatic nitrogens is 2. The van der Waals surface area contributed by atoms with E-state index in [9.17, 15) is 17.2 Å². The van der Waals surface area contributed by atoms with E-state index >= 15 is 0 Å². The number of nitrogens with one attached hydrogen (secondary N) is 2. The monoisotopic (exact) mass is 480 g/mol. The molecule has 2 N–H and O–H groups in total. The van der Waals surface area contributed by atoms with E-state index in [1.165, 1.54) is 6.33 Å². The van der Waals surface area contributed by atoms with Crippen LogP contribution in [0.4, 0.5) is 19.6 Å². The lowest BCUT2D eigenvalue weighted by atomic mass is 10.1. The summed E-state index contributed by atoms with van der Waals surface area (Å²) in [4.78, 5) is 3.18. The van der Waals surface area contributed by atoms with Crippen molar-refractivity contribution in [2.24, 2.45) is 0 Å². The summed E-state index contributed by atoms with van der Waals surface area (Å²) in [7, 11) is -4.15. The minimum Gasteiger partial charge on any atom is -0.384 e. The van der Waals surface area contributed by atoms with Gasteiger partial charge in [-0.3, -0.25) is 9.11 Å². The minimum absolute atomic E-state index is 0.0486. The number of rotatable bonds is 15. The van der Waals surface area contributed by atoms with Crippen molar-refractivity contribution in [2.45, 2.75) is 62.7 Å². The minimum atomic E-state index is -4.15. The van der Waals surface area contributed by atoms with Crippen LogP contribution in [0, 0.1) is 5.82 Å². The molecule has 0 spiro atoms. The van der Waals surface area contributed by atoms with Crippen LogP contribution in [0.2, 0.25) is 5.02 Å². The Morgan fingerprint density at radius 1 is 1.00 bits per heavy atom. The first-order valence-electron chi connectivity index (χ1n) is 10.0. The van der Waals surface area contributed by atoms with E-state index in [0.29, 0.717) is 18.7 Å². The van der Waals surface area contributed by atoms with Crippen molar-refractivity contribution in [3.8, 4) is 0 Å². The quantitative estimate of drug-likeness (QED) is 0.304. The third-order valence-electron chi connectivity index (χ3n) is 4.52. The maximum Gasteiger partial charge on any atom is 0.266 e. The number of sulfonamides is 1. The molecule has 30 heavy (non-hydrogen) atoms. The average molecular weight is 481 g/mol. The highest BCUT2D eigenvalue weighted by Gasteiger charge is 2.22. The molecule has 0 aliphatic rings. The SMILES string of the molecule is O=S(=O)(Nc1ncns1)c1cc(Cl)c(NCCCCCCCCCCCF)cc1F. The lowest BCUT2D eigenvalue weighted by Gasteiger charge is -2.12. The van der Waals surface area contributed by atoms with Crippen LogP contribution in [0.15, 0.2) is 23.4 Å². The molecule has 1 aromatic heterocycles. The molecule has 1 aromatic carbocycles. The van der Waals surface area contributed by atoms with Gasteiger partial charge in [0, 0.05) is 18.1 Å². The van der Waals surface area contributed by atoms with Crippen molar-refractivity contribution in [2.75, 3.05) is 23.3 Å². The maximum absolute atomic E-state index is 14.4. The smallest absolute Gasteiger partial charge is 0.266 e. The van der Waals surface area contributed by atoms with Gasteiger partial charge >= 0.3 is 0 Å². The second-order valence-corrected chi connectivity index (χ2v) is 9.75. The first kappa shape index (κ1) is 24.7. The van der Waals surface area contributed by atoms with E-state index in [2.05, 4.69) is 19.4 Å². The largest absolute Gasteiger partial charge is 0.384 e. The van der Waals surface area contributed by atoms with Crippen LogP contribution in [-0.2, 0) is 10.0 Å². The van der Waals surface area contributed by atoms with Crippen molar-refractivity contribution in [1.29, 1.82) is 0 Å². The van der Waals surface area contributed by atoms with Crippen LogP contribution in [0.3, 0.4) is 0 Å². The summed E-state index contributed by atoms with van der Waals surface area (Å²) < 4.78 is 56.9. The molecule has 11 heteroatoms. The molecule has 0 atom stereocenters. The molecule has 2 aromatic rings. The van der Waals surface area contributed by atoms with Gasteiger partial charge in [-0.25, -0.2) is 17.8 Å². The number of benzene rings is 1. The Balaban J connectivity index is 1.74. The van der Waals surface area contributed by atoms with E-state index in [4.69, 9.17) is 11.6 Å². The van der Waals surface area contributed by atoms with Gasteiger partial charge in [-0.05, 0) is 25.0 Å². The maximum atomic E-state index is 14.4. The van der Waals surface area contributed by atoms with Crippen LogP contribution < -0.4 is 10.0 Å². The predicted molar refractivity (Wildman–Crippen MR) is 118 cm³/mol. The molecule has 0 bridgehead atoms. The van der Waals surface area contributed by atoms with Gasteiger partial charge in [0.15, 0.2) is 0 Å². The molecule has 0 fully saturated rings. The number of unbranched alkanes of at least 4 members (excludes halogenated alkanes) is 8. The number of anilines is 2. The molecule has 0 aliphatic heterocycles. The Bertz CT molecular complexity index is 868. The molecule has 0 saturated carbocycles. The molecular formula is C19H27ClF2N4O2S2. The summed E-state index contributed by atoms with van der Waals surface area (Å²) in [5, 5.41) is 3.24. The van der Waals surface area contributed by atoms with Gasteiger partial charge in [-0.15, -0.1) is 0 Å². The van der Waals surface area contributed by atoms with Crippen LogP contribution in [0.25, 0.3) is 0 Å². The van der Waals surface area contributed by atoms with Crippen molar-refractivity contribution in [3.63, 3.8) is 0 Å². The van der Waals surface area contributed by atoms with E-state index in [1.807, 2.05) is 0 Å². The molecule has 0 radical (unpaired) electrons. The molecule has 0 unspecified atom stereocenters. The zero-order valence-corrected chi connectivity index (χ0v) is 19.1. The normalized spacial score (nSPS) is 11.6. The first-order valence-corrected chi connectivity index (χ1v) is 12.7. The van der Waals surface area contributed by atoms with E-state index in [0.717, 1.165) is 75.0 Å². The van der Waals surface area contributed by atoms with E-state index in [1.54, 1.807) is 0 Å². The fourth-order valence-corrected chi connectivity index (χ4v) is 4.98. The summed E-state index contributed by atoms with van der Waals surface area (Å²) in [6, 6.07) is 2.18. The van der Waals surface area contributed by atoms with E-state index in [-0.39, 0.29) is 16.8 Å². The fraction of sp³-hybridized carbons (Fsp3) is 0.579. The molecule has 2 rings (SSSR count). The third-order valence-corrected chi connectivity index (χ3v) is 6.90. The fourth-order valence-electron chi connectivity index (χ4n) is 2.94. The molecule has 0 amide bonds. The Morgan fingerprint density at radius 2 is 1.63 bits per heavy atom. The number of hydrogen-bond donors (Lipinski definition) is 2. The molecule has 0 aliphatic carbocycles. The zero-order valence-electron chi connectivity index (χ0n) is 16.7. The average Bonchev–Trinajstić information content (AvgIpc) is 3.20. The Hall–Kier alpha value is -1.52. The van der Waals surface area contributed by atoms with Crippen molar-refractivity contribution in [1.82, 2.24) is 9.36 Å².